The molecule has 0 aliphatic heterocycles. The fourth-order valence-corrected chi connectivity index (χ4v) is 6.88. The van der Waals surface area contributed by atoms with E-state index in [0.29, 0.717) is 22.3 Å². The number of hydrogen-bond donors (Lipinski definition) is 2. The third-order valence-electron chi connectivity index (χ3n) is 6.65. The molecule has 2 aromatic heterocycles. The summed E-state index contributed by atoms with van der Waals surface area (Å²) in [6, 6.07) is 9.88. The van der Waals surface area contributed by atoms with Crippen molar-refractivity contribution in [3.63, 3.8) is 0 Å². The van der Waals surface area contributed by atoms with Gasteiger partial charge >= 0.3 is 0 Å². The van der Waals surface area contributed by atoms with Crippen molar-refractivity contribution < 1.29 is 9.59 Å². The Labute approximate surface area is 214 Å². The van der Waals surface area contributed by atoms with E-state index in [1.54, 1.807) is 11.3 Å². The number of fused-ring (bicyclic) bond motifs is 2. The summed E-state index contributed by atoms with van der Waals surface area (Å²) in [5.74, 6) is -0.0409. The molecule has 2 aliphatic carbocycles. The van der Waals surface area contributed by atoms with Gasteiger partial charge in [-0.1, -0.05) is 42.1 Å². The smallest absolute Gasteiger partial charge is 0.254 e. The molecule has 3 aromatic rings. The number of thiophene rings is 1. The van der Waals surface area contributed by atoms with Crippen LogP contribution in [0, 0.1) is 6.92 Å². The molecular weight excluding hydrogens is 476 g/mol. The van der Waals surface area contributed by atoms with E-state index in [0.717, 1.165) is 67.5 Å². The maximum Gasteiger partial charge on any atom is 0.254 e. The summed E-state index contributed by atoms with van der Waals surface area (Å²) >= 11 is 2.91. The molecule has 0 unspecified atom stereocenters. The molecule has 5 rings (SSSR count). The predicted octanol–water partition coefficient (Wildman–Crippen LogP) is 5.26. The number of nitrogens with one attached hydrogen (secondary N) is 2. The predicted molar refractivity (Wildman–Crippen MR) is 141 cm³/mol. The standard InChI is InChI=1S/C27H30N4O2S2/c1-17-19-11-5-7-13-21(19)30-27(29-17)34-16-23(32)31-26-24(20-12-6-8-14-22(20)35-26)25(33)28-15-18-9-3-2-4-10-18/h2-4,9-10H,5-8,11-16H2,1H3,(H,28,33)(H,31,32). The van der Waals surface area contributed by atoms with E-state index in [-0.39, 0.29) is 17.6 Å². The zero-order chi connectivity index (χ0) is 24.2. The van der Waals surface area contributed by atoms with Crippen molar-refractivity contribution in [3.05, 3.63) is 68.9 Å². The van der Waals surface area contributed by atoms with Crippen LogP contribution in [-0.2, 0) is 37.0 Å². The molecule has 0 spiro atoms. The quantitative estimate of drug-likeness (QED) is 0.337. The molecule has 182 valence electrons. The molecular formula is C27H30N4O2S2. The normalized spacial score (nSPS) is 14.7. The zero-order valence-electron chi connectivity index (χ0n) is 20.0. The van der Waals surface area contributed by atoms with Gasteiger partial charge in [0, 0.05) is 22.8 Å². The molecule has 0 atom stereocenters. The summed E-state index contributed by atoms with van der Waals surface area (Å²) in [5, 5.41) is 7.41. The summed E-state index contributed by atoms with van der Waals surface area (Å²) in [6.07, 6.45) is 8.42. The number of rotatable bonds is 7. The number of carbonyl (C=O) groups is 2. The first-order valence-electron chi connectivity index (χ1n) is 12.3. The molecule has 0 radical (unpaired) electrons. The first-order chi connectivity index (χ1) is 17.1. The minimum atomic E-state index is -0.135. The summed E-state index contributed by atoms with van der Waals surface area (Å²) in [4.78, 5) is 36.7. The van der Waals surface area contributed by atoms with Crippen molar-refractivity contribution in [2.75, 3.05) is 11.1 Å². The Morgan fingerprint density at radius 2 is 1.71 bits per heavy atom. The number of hydrogen-bond acceptors (Lipinski definition) is 6. The molecule has 2 heterocycles. The van der Waals surface area contributed by atoms with E-state index in [4.69, 9.17) is 4.98 Å². The van der Waals surface area contributed by atoms with Crippen molar-refractivity contribution in [1.82, 2.24) is 15.3 Å². The number of anilines is 1. The zero-order valence-corrected chi connectivity index (χ0v) is 21.6. The van der Waals surface area contributed by atoms with Crippen molar-refractivity contribution in [2.45, 2.75) is 70.0 Å². The fourth-order valence-electron chi connectivity index (χ4n) is 4.87. The average Bonchev–Trinajstić information content (AvgIpc) is 3.24. The lowest BCUT2D eigenvalue weighted by Gasteiger charge is -2.17. The summed E-state index contributed by atoms with van der Waals surface area (Å²) < 4.78 is 0. The SMILES string of the molecule is Cc1nc(SCC(=O)Nc2sc3c(c2C(=O)NCc2ccccc2)CCCC3)nc2c1CCCC2. The van der Waals surface area contributed by atoms with E-state index >= 15 is 0 Å². The highest BCUT2D eigenvalue weighted by Gasteiger charge is 2.26. The Bertz CT molecular complexity index is 1240. The number of nitrogens with zero attached hydrogens (tertiary/aromatic N) is 2. The monoisotopic (exact) mass is 506 g/mol. The van der Waals surface area contributed by atoms with E-state index in [9.17, 15) is 9.59 Å². The summed E-state index contributed by atoms with van der Waals surface area (Å²) in [7, 11) is 0. The second-order valence-electron chi connectivity index (χ2n) is 9.14. The van der Waals surface area contributed by atoms with Crippen LogP contribution < -0.4 is 10.6 Å². The van der Waals surface area contributed by atoms with Crippen LogP contribution in [-0.4, -0.2) is 27.5 Å². The molecule has 1 aromatic carbocycles. The molecule has 0 fully saturated rings. The minimum Gasteiger partial charge on any atom is -0.348 e. The van der Waals surface area contributed by atoms with Gasteiger partial charge in [0.2, 0.25) is 5.91 Å². The number of carbonyl (C=O) groups excluding carboxylic acids is 2. The molecule has 8 heteroatoms. The van der Waals surface area contributed by atoms with Gasteiger partial charge in [-0.15, -0.1) is 11.3 Å². The van der Waals surface area contributed by atoms with Gasteiger partial charge in [0.05, 0.1) is 11.3 Å². The van der Waals surface area contributed by atoms with Gasteiger partial charge in [-0.2, -0.15) is 0 Å². The summed E-state index contributed by atoms with van der Waals surface area (Å²) in [6.45, 7) is 2.50. The Morgan fingerprint density at radius 1 is 0.971 bits per heavy atom. The molecule has 0 saturated carbocycles. The number of aryl methyl sites for hydroxylation is 3. The number of thioether (sulfide) groups is 1. The van der Waals surface area contributed by atoms with Crippen LogP contribution in [0.2, 0.25) is 0 Å². The van der Waals surface area contributed by atoms with E-state index in [1.165, 1.54) is 28.6 Å². The number of benzene rings is 1. The Kier molecular flexibility index (Phi) is 7.48. The maximum absolute atomic E-state index is 13.2. The number of aromatic nitrogens is 2. The highest BCUT2D eigenvalue weighted by Crippen LogP contribution is 2.38. The second kappa shape index (κ2) is 10.9. The highest BCUT2D eigenvalue weighted by atomic mass is 32.2. The van der Waals surface area contributed by atoms with Crippen molar-refractivity contribution in [1.29, 1.82) is 0 Å². The average molecular weight is 507 g/mol. The molecule has 0 bridgehead atoms. The Balaban J connectivity index is 1.28. The van der Waals surface area contributed by atoms with E-state index in [2.05, 4.69) is 15.6 Å². The topological polar surface area (TPSA) is 84.0 Å². The van der Waals surface area contributed by atoms with Gasteiger partial charge in [0.15, 0.2) is 5.16 Å². The van der Waals surface area contributed by atoms with Gasteiger partial charge in [-0.3, -0.25) is 9.59 Å². The molecule has 2 N–H and O–H groups in total. The third kappa shape index (κ3) is 5.59. The first kappa shape index (κ1) is 24.0. The second-order valence-corrected chi connectivity index (χ2v) is 11.2. The van der Waals surface area contributed by atoms with E-state index in [1.807, 2.05) is 37.3 Å². The van der Waals surface area contributed by atoms with Crippen molar-refractivity contribution in [3.8, 4) is 0 Å². The maximum atomic E-state index is 13.2. The Hall–Kier alpha value is -2.71. The van der Waals surface area contributed by atoms with Gasteiger partial charge in [0.25, 0.3) is 5.91 Å². The van der Waals surface area contributed by atoms with Gasteiger partial charge in [-0.05, 0) is 75.0 Å². The van der Waals surface area contributed by atoms with Gasteiger partial charge < -0.3 is 10.6 Å². The largest absolute Gasteiger partial charge is 0.348 e. The molecule has 2 amide bonds. The van der Waals surface area contributed by atoms with Crippen LogP contribution in [0.25, 0.3) is 0 Å². The van der Waals surface area contributed by atoms with Crippen LogP contribution in [0.1, 0.15) is 69.0 Å². The first-order valence-corrected chi connectivity index (χ1v) is 14.1. The Morgan fingerprint density at radius 3 is 2.54 bits per heavy atom. The summed E-state index contributed by atoms with van der Waals surface area (Å²) in [5.41, 5.74) is 6.23. The van der Waals surface area contributed by atoms with Crippen LogP contribution in [0.3, 0.4) is 0 Å². The molecule has 0 saturated heterocycles. The lowest BCUT2D eigenvalue weighted by atomic mass is 9.95. The van der Waals surface area contributed by atoms with Crippen molar-refractivity contribution >= 4 is 39.9 Å². The van der Waals surface area contributed by atoms with Crippen molar-refractivity contribution in [2.24, 2.45) is 0 Å². The van der Waals surface area contributed by atoms with Crippen LogP contribution in [0.4, 0.5) is 5.00 Å². The lowest BCUT2D eigenvalue weighted by Crippen LogP contribution is -2.25. The molecule has 6 nitrogen and oxygen atoms in total. The van der Waals surface area contributed by atoms with Gasteiger partial charge in [0.1, 0.15) is 5.00 Å². The van der Waals surface area contributed by atoms with Crippen LogP contribution in [0.15, 0.2) is 35.5 Å². The fraction of sp³-hybridized carbons (Fsp3) is 0.407. The number of amides is 2. The molecule has 35 heavy (non-hydrogen) atoms. The third-order valence-corrected chi connectivity index (χ3v) is 8.70. The van der Waals surface area contributed by atoms with E-state index < -0.39 is 0 Å². The van der Waals surface area contributed by atoms with Crippen LogP contribution in [0.5, 0.6) is 0 Å². The van der Waals surface area contributed by atoms with Crippen LogP contribution >= 0.6 is 23.1 Å². The molecule has 2 aliphatic rings. The lowest BCUT2D eigenvalue weighted by molar-refractivity contribution is -0.113. The van der Waals surface area contributed by atoms with Gasteiger partial charge in [-0.25, -0.2) is 9.97 Å². The highest BCUT2D eigenvalue weighted by molar-refractivity contribution is 7.99. The minimum absolute atomic E-state index is 0.121.